The highest BCUT2D eigenvalue weighted by atomic mass is 32.2. The lowest BCUT2D eigenvalue weighted by molar-refractivity contribution is 0.557. The molecule has 30 heavy (non-hydrogen) atoms. The Balaban J connectivity index is 2.42. The van der Waals surface area contributed by atoms with Crippen molar-refractivity contribution in [2.75, 3.05) is 12.3 Å². The smallest absolute Gasteiger partial charge is 0.242 e. The fraction of sp³-hybridized carbons (Fsp3) is 0.200. The molecule has 2 aromatic heterocycles. The van der Waals surface area contributed by atoms with Gasteiger partial charge in [0, 0.05) is 18.8 Å². The fourth-order valence-electron chi connectivity index (χ4n) is 2.78. The molecule has 0 spiro atoms. The second-order valence-electron chi connectivity index (χ2n) is 6.32. The number of hydrogen-bond donors (Lipinski definition) is 5. The zero-order chi connectivity index (χ0) is 22.1. The maximum absolute atomic E-state index is 12.9. The topological polar surface area (TPSA) is 226 Å². The van der Waals surface area contributed by atoms with Crippen molar-refractivity contribution < 1.29 is 16.8 Å². The molecule has 0 fully saturated rings. The number of anilines is 1. The van der Waals surface area contributed by atoms with Gasteiger partial charge in [0.1, 0.15) is 15.6 Å². The molecular formula is C15H19N9O4S2. The summed E-state index contributed by atoms with van der Waals surface area (Å²) in [7, 11) is -8.89. The number of tetrazole rings is 1. The van der Waals surface area contributed by atoms with Gasteiger partial charge in [-0.1, -0.05) is 6.07 Å². The standard InChI is InChI=1S/C15H19N9O4S2/c1-8(7-16)22-30(27,28)11-3-2-10(9-4-5-19-12(17)6-9)13(14(11)29(18,25)26)15-20-23-24-21-15/h2-6,8,22H,7,16H2,1H3,(H2,17,19)(H2,18,25,26)(H,20,21,23,24)/t8-/m1/s1. The highest BCUT2D eigenvalue weighted by molar-refractivity contribution is 7.92. The Morgan fingerprint density at radius 2 is 1.93 bits per heavy atom. The summed E-state index contributed by atoms with van der Waals surface area (Å²) in [5.41, 5.74) is 11.8. The first-order chi connectivity index (χ1) is 14.0. The van der Waals surface area contributed by atoms with Crippen LogP contribution in [-0.4, -0.2) is 55.0 Å². The van der Waals surface area contributed by atoms with Gasteiger partial charge < -0.3 is 11.5 Å². The summed E-state index contributed by atoms with van der Waals surface area (Å²) in [6.45, 7) is 1.53. The number of nitrogen functional groups attached to an aromatic ring is 1. The van der Waals surface area contributed by atoms with E-state index in [1.165, 1.54) is 25.3 Å². The van der Waals surface area contributed by atoms with Crippen molar-refractivity contribution in [3.05, 3.63) is 30.5 Å². The number of aromatic nitrogens is 5. The van der Waals surface area contributed by atoms with E-state index in [1.54, 1.807) is 6.07 Å². The van der Waals surface area contributed by atoms with E-state index in [4.69, 9.17) is 16.6 Å². The highest BCUT2D eigenvalue weighted by Crippen LogP contribution is 2.38. The molecule has 15 heteroatoms. The van der Waals surface area contributed by atoms with Crippen LogP contribution in [0.25, 0.3) is 22.5 Å². The summed E-state index contributed by atoms with van der Waals surface area (Å²) in [5.74, 6) is -0.00724. The van der Waals surface area contributed by atoms with Crippen molar-refractivity contribution in [3.8, 4) is 22.5 Å². The molecule has 13 nitrogen and oxygen atoms in total. The van der Waals surface area contributed by atoms with Crippen molar-refractivity contribution in [2.24, 2.45) is 10.9 Å². The molecule has 1 aromatic carbocycles. The molecule has 0 radical (unpaired) electrons. The van der Waals surface area contributed by atoms with Crippen LogP contribution in [0.1, 0.15) is 6.92 Å². The molecular weight excluding hydrogens is 434 g/mol. The van der Waals surface area contributed by atoms with Gasteiger partial charge in [-0.15, -0.1) is 10.2 Å². The molecule has 2 heterocycles. The minimum atomic E-state index is -4.58. The van der Waals surface area contributed by atoms with E-state index >= 15 is 0 Å². The van der Waals surface area contributed by atoms with E-state index in [9.17, 15) is 16.8 Å². The lowest BCUT2D eigenvalue weighted by Gasteiger charge is -2.18. The average molecular weight is 454 g/mol. The number of benzene rings is 1. The first-order valence-corrected chi connectivity index (χ1v) is 11.5. The van der Waals surface area contributed by atoms with E-state index in [-0.39, 0.29) is 29.3 Å². The van der Waals surface area contributed by atoms with Crippen LogP contribution >= 0.6 is 0 Å². The maximum Gasteiger partial charge on any atom is 0.242 e. The van der Waals surface area contributed by atoms with Crippen molar-refractivity contribution in [3.63, 3.8) is 0 Å². The molecule has 0 saturated heterocycles. The number of nitrogens with one attached hydrogen (secondary N) is 2. The van der Waals surface area contributed by atoms with Crippen molar-refractivity contribution in [1.29, 1.82) is 0 Å². The number of H-pyrrole nitrogens is 1. The number of hydrogen-bond acceptors (Lipinski definition) is 10. The lowest BCUT2D eigenvalue weighted by atomic mass is 10.00. The monoisotopic (exact) mass is 453 g/mol. The second-order valence-corrected chi connectivity index (χ2v) is 9.50. The Kier molecular flexibility index (Phi) is 5.82. The number of nitrogens with zero attached hydrogens (tertiary/aromatic N) is 4. The molecule has 0 amide bonds. The minimum Gasteiger partial charge on any atom is -0.384 e. The molecule has 0 bridgehead atoms. The molecule has 0 unspecified atom stereocenters. The molecule has 0 aliphatic rings. The molecule has 3 rings (SSSR count). The highest BCUT2D eigenvalue weighted by Gasteiger charge is 2.32. The number of aromatic amines is 1. The van der Waals surface area contributed by atoms with Gasteiger partial charge >= 0.3 is 0 Å². The van der Waals surface area contributed by atoms with Crippen LogP contribution in [0.15, 0.2) is 40.3 Å². The molecule has 1 atom stereocenters. The number of pyridine rings is 1. The predicted molar refractivity (Wildman–Crippen MR) is 107 cm³/mol. The third-order valence-electron chi connectivity index (χ3n) is 4.07. The molecule has 3 aromatic rings. The van der Waals surface area contributed by atoms with Gasteiger partial charge in [-0.05, 0) is 41.5 Å². The summed E-state index contributed by atoms with van der Waals surface area (Å²) in [6.07, 6.45) is 1.41. The number of rotatable bonds is 7. The van der Waals surface area contributed by atoms with Gasteiger partial charge in [0.15, 0.2) is 0 Å². The van der Waals surface area contributed by atoms with Crippen molar-refractivity contribution >= 4 is 25.9 Å². The summed E-state index contributed by atoms with van der Waals surface area (Å²) in [5, 5.41) is 18.7. The van der Waals surface area contributed by atoms with Crippen LogP contribution in [-0.2, 0) is 20.0 Å². The van der Waals surface area contributed by atoms with Gasteiger partial charge in [0.25, 0.3) is 0 Å². The molecule has 0 saturated carbocycles. The van der Waals surface area contributed by atoms with Crippen LogP contribution in [0.5, 0.6) is 0 Å². The first-order valence-electron chi connectivity index (χ1n) is 8.42. The molecule has 0 aliphatic carbocycles. The Labute approximate surface area is 172 Å². The van der Waals surface area contributed by atoms with E-state index in [0.29, 0.717) is 5.56 Å². The lowest BCUT2D eigenvalue weighted by Crippen LogP contribution is -2.38. The van der Waals surface area contributed by atoms with Gasteiger partial charge in [-0.25, -0.2) is 31.7 Å². The Morgan fingerprint density at radius 1 is 1.20 bits per heavy atom. The third-order valence-corrected chi connectivity index (χ3v) is 6.82. The quantitative estimate of drug-likeness (QED) is 0.286. The van der Waals surface area contributed by atoms with E-state index < -0.39 is 35.9 Å². The van der Waals surface area contributed by atoms with Crippen LogP contribution in [0.2, 0.25) is 0 Å². The zero-order valence-electron chi connectivity index (χ0n) is 15.6. The van der Waals surface area contributed by atoms with Crippen LogP contribution in [0, 0.1) is 0 Å². The minimum absolute atomic E-state index is 0.00396. The van der Waals surface area contributed by atoms with Gasteiger partial charge in [-0.3, -0.25) is 0 Å². The second kappa shape index (κ2) is 8.04. The number of primary sulfonamides is 1. The van der Waals surface area contributed by atoms with Gasteiger partial charge in [-0.2, -0.15) is 5.21 Å². The van der Waals surface area contributed by atoms with E-state index in [1.807, 2.05) is 0 Å². The summed E-state index contributed by atoms with van der Waals surface area (Å²) >= 11 is 0. The van der Waals surface area contributed by atoms with Crippen LogP contribution in [0.3, 0.4) is 0 Å². The number of sulfonamides is 2. The summed E-state index contributed by atoms with van der Waals surface area (Å²) < 4.78 is 53.3. The predicted octanol–water partition coefficient (Wildman–Crippen LogP) is -1.22. The molecule has 160 valence electrons. The normalized spacial score (nSPS) is 13.3. The molecule has 8 N–H and O–H groups in total. The van der Waals surface area contributed by atoms with Crippen LogP contribution in [0.4, 0.5) is 5.82 Å². The van der Waals surface area contributed by atoms with E-state index in [2.05, 4.69) is 30.3 Å². The Morgan fingerprint density at radius 3 is 2.50 bits per heavy atom. The largest absolute Gasteiger partial charge is 0.384 e. The SMILES string of the molecule is C[C@H](CN)NS(=O)(=O)c1ccc(-c2ccnc(N)c2)c(-c2nn[nH]n2)c1S(N)(=O)=O. The zero-order valence-corrected chi connectivity index (χ0v) is 17.3. The molecule has 0 aliphatic heterocycles. The fourth-order valence-corrected chi connectivity index (χ4v) is 5.64. The van der Waals surface area contributed by atoms with Crippen molar-refractivity contribution in [1.82, 2.24) is 30.3 Å². The first kappa shape index (κ1) is 21.7. The Bertz CT molecular complexity index is 1280. The van der Waals surface area contributed by atoms with Gasteiger partial charge in [0.2, 0.25) is 25.9 Å². The average Bonchev–Trinajstić information content (AvgIpc) is 3.20. The van der Waals surface area contributed by atoms with E-state index in [0.717, 1.165) is 6.07 Å². The maximum atomic E-state index is 12.9. The Hall–Kier alpha value is -2.98. The summed E-state index contributed by atoms with van der Waals surface area (Å²) in [4.78, 5) is 2.64. The number of nitrogens with two attached hydrogens (primary N) is 3. The van der Waals surface area contributed by atoms with Gasteiger partial charge in [0.05, 0.1) is 5.56 Å². The van der Waals surface area contributed by atoms with Crippen LogP contribution < -0.4 is 21.3 Å². The van der Waals surface area contributed by atoms with Crippen molar-refractivity contribution in [2.45, 2.75) is 22.8 Å². The third kappa shape index (κ3) is 4.29. The summed E-state index contributed by atoms with van der Waals surface area (Å²) in [6, 6.07) is 4.91.